The van der Waals surface area contributed by atoms with Crippen LogP contribution < -0.4 is 0 Å². The van der Waals surface area contributed by atoms with E-state index < -0.39 is 5.60 Å². The molecule has 0 aliphatic carbocycles. The molecule has 0 unspecified atom stereocenters. The smallest absolute Gasteiger partial charge is 0.410 e. The van der Waals surface area contributed by atoms with Crippen LogP contribution in [0.2, 0.25) is 0 Å². The molecule has 0 bridgehead atoms. The average Bonchev–Trinajstić information content (AvgIpc) is 2.58. The molecule has 5 nitrogen and oxygen atoms in total. The molecule has 2 rings (SSSR count). The highest BCUT2D eigenvalue weighted by atomic mass is 79.9. The van der Waals surface area contributed by atoms with Gasteiger partial charge in [-0.2, -0.15) is 0 Å². The van der Waals surface area contributed by atoms with Gasteiger partial charge < -0.3 is 14.5 Å². The molecule has 6 heteroatoms. The fraction of sp³-hybridized carbons (Fsp3) is 0.619. The van der Waals surface area contributed by atoms with Gasteiger partial charge in [0.05, 0.1) is 0 Å². The maximum atomic E-state index is 12.6. The van der Waals surface area contributed by atoms with Gasteiger partial charge in [-0.15, -0.1) is 0 Å². The van der Waals surface area contributed by atoms with Crippen molar-refractivity contribution >= 4 is 27.9 Å². The zero-order valence-corrected chi connectivity index (χ0v) is 18.6. The van der Waals surface area contributed by atoms with E-state index in [-0.39, 0.29) is 18.0 Å². The van der Waals surface area contributed by atoms with Crippen molar-refractivity contribution in [3.63, 3.8) is 0 Å². The number of amides is 2. The first-order valence-corrected chi connectivity index (χ1v) is 10.3. The number of carbonyl (C=O) groups is 2. The molecule has 27 heavy (non-hydrogen) atoms. The van der Waals surface area contributed by atoms with Gasteiger partial charge in [0.1, 0.15) is 5.60 Å². The van der Waals surface area contributed by atoms with Crippen LogP contribution in [0.3, 0.4) is 0 Å². The third kappa shape index (κ3) is 6.52. The molecule has 1 heterocycles. The molecule has 150 valence electrons. The maximum Gasteiger partial charge on any atom is 0.410 e. The first-order chi connectivity index (χ1) is 12.6. The molecule has 1 aromatic rings. The summed E-state index contributed by atoms with van der Waals surface area (Å²) in [4.78, 5) is 28.4. The molecule has 1 aliphatic heterocycles. The molecular weight excluding hydrogens is 408 g/mol. The fourth-order valence-corrected chi connectivity index (χ4v) is 3.93. The molecule has 1 saturated heterocycles. The molecule has 2 amide bonds. The van der Waals surface area contributed by atoms with Crippen molar-refractivity contribution in [1.82, 2.24) is 9.80 Å². The highest BCUT2D eigenvalue weighted by Crippen LogP contribution is 2.22. The third-order valence-electron chi connectivity index (χ3n) is 4.86. The molecule has 0 saturated carbocycles. The summed E-state index contributed by atoms with van der Waals surface area (Å²) in [6.07, 6.45) is 2.52. The second-order valence-corrected chi connectivity index (χ2v) is 9.15. The number of piperidine rings is 1. The van der Waals surface area contributed by atoms with Crippen molar-refractivity contribution in [3.05, 3.63) is 33.8 Å². The van der Waals surface area contributed by atoms with Crippen LogP contribution in [0.1, 0.15) is 51.2 Å². The number of ether oxygens (including phenoxy) is 1. The minimum Gasteiger partial charge on any atom is -0.444 e. The molecule has 0 atom stereocenters. The van der Waals surface area contributed by atoms with E-state index in [1.807, 2.05) is 25.7 Å². The van der Waals surface area contributed by atoms with E-state index in [0.717, 1.165) is 29.3 Å². The Morgan fingerprint density at radius 2 is 1.89 bits per heavy atom. The van der Waals surface area contributed by atoms with E-state index in [1.165, 1.54) is 5.56 Å². The lowest BCUT2D eigenvalue weighted by molar-refractivity contribution is -0.132. The summed E-state index contributed by atoms with van der Waals surface area (Å²) in [5.74, 6) is 0.181. The van der Waals surface area contributed by atoms with Crippen molar-refractivity contribution < 1.29 is 14.3 Å². The Kier molecular flexibility index (Phi) is 7.32. The Morgan fingerprint density at radius 3 is 2.44 bits per heavy atom. The summed E-state index contributed by atoms with van der Waals surface area (Å²) in [5, 5.41) is 0. The predicted molar refractivity (Wildman–Crippen MR) is 111 cm³/mol. The molecule has 0 aromatic heterocycles. The van der Waals surface area contributed by atoms with Gasteiger partial charge in [0.15, 0.2) is 0 Å². The standard InChI is InChI=1S/C21H31BrN2O3/c1-15-6-7-16(18(22)14-15)8-9-19(25)24-12-10-17(11-13-24)23(5)20(26)27-21(2,3)4/h6-7,14,17H,8-13H2,1-5H3. The van der Waals surface area contributed by atoms with Gasteiger partial charge in [0.25, 0.3) is 0 Å². The van der Waals surface area contributed by atoms with Crippen LogP contribution >= 0.6 is 15.9 Å². The molecule has 0 spiro atoms. The van der Waals surface area contributed by atoms with E-state index in [1.54, 1.807) is 11.9 Å². The molecule has 1 fully saturated rings. The van der Waals surface area contributed by atoms with E-state index >= 15 is 0 Å². The van der Waals surface area contributed by atoms with Crippen molar-refractivity contribution in [2.75, 3.05) is 20.1 Å². The van der Waals surface area contributed by atoms with Crippen LogP contribution in [0.4, 0.5) is 4.79 Å². The lowest BCUT2D eigenvalue weighted by Gasteiger charge is -2.37. The van der Waals surface area contributed by atoms with Crippen LogP contribution in [-0.4, -0.2) is 53.6 Å². The number of hydrogen-bond donors (Lipinski definition) is 0. The lowest BCUT2D eigenvalue weighted by Crippen LogP contribution is -2.48. The van der Waals surface area contributed by atoms with E-state index in [0.29, 0.717) is 19.5 Å². The van der Waals surface area contributed by atoms with Crippen LogP contribution in [-0.2, 0) is 16.0 Å². The topological polar surface area (TPSA) is 49.9 Å². The number of halogens is 1. The van der Waals surface area contributed by atoms with Gasteiger partial charge in [0, 0.05) is 37.1 Å². The van der Waals surface area contributed by atoms with Gasteiger partial charge in [0.2, 0.25) is 5.91 Å². The molecule has 0 N–H and O–H groups in total. The highest BCUT2D eigenvalue weighted by molar-refractivity contribution is 9.10. The zero-order chi connectivity index (χ0) is 20.2. The van der Waals surface area contributed by atoms with Gasteiger partial charge >= 0.3 is 6.09 Å². The lowest BCUT2D eigenvalue weighted by atomic mass is 10.0. The van der Waals surface area contributed by atoms with Crippen LogP contribution in [0, 0.1) is 6.92 Å². The monoisotopic (exact) mass is 438 g/mol. The molecular formula is C21H31BrN2O3. The largest absolute Gasteiger partial charge is 0.444 e. The fourth-order valence-electron chi connectivity index (χ4n) is 3.24. The van der Waals surface area contributed by atoms with Gasteiger partial charge in [-0.05, 0) is 64.2 Å². The van der Waals surface area contributed by atoms with Gasteiger partial charge in [-0.1, -0.05) is 28.1 Å². The Labute approximate surface area is 171 Å². The van der Waals surface area contributed by atoms with E-state index in [4.69, 9.17) is 4.74 Å². The number of benzene rings is 1. The highest BCUT2D eigenvalue weighted by Gasteiger charge is 2.29. The number of nitrogens with zero attached hydrogens (tertiary/aromatic N) is 2. The quantitative estimate of drug-likeness (QED) is 0.692. The summed E-state index contributed by atoms with van der Waals surface area (Å²) in [6, 6.07) is 6.35. The number of aryl methyl sites for hydroxylation is 2. The minimum atomic E-state index is -0.494. The Morgan fingerprint density at radius 1 is 1.26 bits per heavy atom. The molecule has 1 aliphatic rings. The summed E-state index contributed by atoms with van der Waals surface area (Å²) in [6.45, 7) is 9.03. The second-order valence-electron chi connectivity index (χ2n) is 8.30. The Bertz CT molecular complexity index is 676. The summed E-state index contributed by atoms with van der Waals surface area (Å²) < 4.78 is 6.50. The minimum absolute atomic E-state index is 0.121. The van der Waals surface area contributed by atoms with E-state index in [2.05, 4.69) is 41.1 Å². The van der Waals surface area contributed by atoms with Crippen LogP contribution in [0.5, 0.6) is 0 Å². The summed E-state index contributed by atoms with van der Waals surface area (Å²) >= 11 is 3.58. The number of carbonyl (C=O) groups excluding carboxylic acids is 2. The number of hydrogen-bond acceptors (Lipinski definition) is 3. The third-order valence-corrected chi connectivity index (χ3v) is 5.60. The van der Waals surface area contributed by atoms with Crippen molar-refractivity contribution in [2.45, 2.75) is 65.0 Å². The number of rotatable bonds is 4. The second kappa shape index (κ2) is 9.09. The average molecular weight is 439 g/mol. The first-order valence-electron chi connectivity index (χ1n) is 9.55. The SMILES string of the molecule is Cc1ccc(CCC(=O)N2CCC(N(C)C(=O)OC(C)(C)C)CC2)c(Br)c1. The summed E-state index contributed by atoms with van der Waals surface area (Å²) in [7, 11) is 1.78. The first kappa shape index (κ1) is 21.7. The Balaban J connectivity index is 1.80. The van der Waals surface area contributed by atoms with Crippen molar-refractivity contribution in [1.29, 1.82) is 0 Å². The van der Waals surface area contributed by atoms with Crippen molar-refractivity contribution in [2.24, 2.45) is 0 Å². The van der Waals surface area contributed by atoms with E-state index in [9.17, 15) is 9.59 Å². The predicted octanol–water partition coefficient (Wildman–Crippen LogP) is 4.55. The van der Waals surface area contributed by atoms with Gasteiger partial charge in [-0.3, -0.25) is 4.79 Å². The maximum absolute atomic E-state index is 12.6. The summed E-state index contributed by atoms with van der Waals surface area (Å²) in [5.41, 5.74) is 1.87. The van der Waals surface area contributed by atoms with Crippen LogP contribution in [0.15, 0.2) is 22.7 Å². The van der Waals surface area contributed by atoms with Crippen molar-refractivity contribution in [3.8, 4) is 0 Å². The molecule has 1 aromatic carbocycles. The molecule has 0 radical (unpaired) electrons. The normalized spacial score (nSPS) is 15.6. The zero-order valence-electron chi connectivity index (χ0n) is 17.0. The van der Waals surface area contributed by atoms with Crippen LogP contribution in [0.25, 0.3) is 0 Å². The number of likely N-dealkylation sites (tertiary alicyclic amines) is 1. The Hall–Kier alpha value is -1.56. The van der Waals surface area contributed by atoms with Gasteiger partial charge in [-0.25, -0.2) is 4.79 Å².